The van der Waals surface area contributed by atoms with Gasteiger partial charge in [0.25, 0.3) is 11.6 Å². The second kappa shape index (κ2) is 6.66. The number of nitro benzene ring substituents is 1. The van der Waals surface area contributed by atoms with E-state index >= 15 is 0 Å². The molecule has 3 aromatic rings. The van der Waals surface area contributed by atoms with Crippen LogP contribution >= 0.6 is 22.9 Å². The van der Waals surface area contributed by atoms with Crippen LogP contribution in [0.1, 0.15) is 15.9 Å². The fraction of sp³-hybridized carbons (Fsp3) is 0.125. The van der Waals surface area contributed by atoms with Crippen molar-refractivity contribution in [3.63, 3.8) is 0 Å². The maximum atomic E-state index is 12.3. The van der Waals surface area contributed by atoms with Crippen molar-refractivity contribution in [3.8, 4) is 5.75 Å². The molecule has 0 aliphatic rings. The molecule has 0 aliphatic heterocycles. The number of amides is 1. The van der Waals surface area contributed by atoms with Crippen LogP contribution in [0.4, 0.5) is 10.8 Å². The van der Waals surface area contributed by atoms with Crippen molar-refractivity contribution >= 4 is 49.9 Å². The number of aryl methyl sites for hydroxylation is 1. The monoisotopic (exact) mass is 377 g/mol. The zero-order valence-electron chi connectivity index (χ0n) is 13.2. The molecule has 0 atom stereocenters. The van der Waals surface area contributed by atoms with Crippen molar-refractivity contribution < 1.29 is 14.5 Å². The highest BCUT2D eigenvalue weighted by atomic mass is 35.5. The number of hydrogen-bond acceptors (Lipinski definition) is 6. The minimum Gasteiger partial charge on any atom is -0.494 e. The molecule has 7 nitrogen and oxygen atoms in total. The summed E-state index contributed by atoms with van der Waals surface area (Å²) in [6, 6.07) is 7.68. The standard InChI is InChI=1S/C16H12ClN3O4S/c1-8-3-4-9(5-11(8)17)15(21)19-16-18-14-12(24-2)6-10(20(22)23)7-13(14)25-16/h3-7H,1-2H3,(H,18,19,21). The van der Waals surface area contributed by atoms with Crippen molar-refractivity contribution in [2.24, 2.45) is 0 Å². The molecule has 0 unspecified atom stereocenters. The van der Waals surface area contributed by atoms with E-state index in [0.29, 0.717) is 25.9 Å². The molecule has 1 heterocycles. The van der Waals surface area contributed by atoms with Gasteiger partial charge in [0, 0.05) is 16.7 Å². The fourth-order valence-corrected chi connectivity index (χ4v) is 3.29. The van der Waals surface area contributed by atoms with Gasteiger partial charge in [-0.3, -0.25) is 20.2 Å². The van der Waals surface area contributed by atoms with E-state index in [1.54, 1.807) is 18.2 Å². The molecule has 1 N–H and O–H groups in total. The van der Waals surface area contributed by atoms with Gasteiger partial charge in [-0.1, -0.05) is 29.0 Å². The lowest BCUT2D eigenvalue weighted by molar-refractivity contribution is -0.384. The van der Waals surface area contributed by atoms with E-state index in [2.05, 4.69) is 10.3 Å². The lowest BCUT2D eigenvalue weighted by Crippen LogP contribution is -2.11. The highest BCUT2D eigenvalue weighted by Gasteiger charge is 2.17. The van der Waals surface area contributed by atoms with E-state index < -0.39 is 4.92 Å². The summed E-state index contributed by atoms with van der Waals surface area (Å²) in [4.78, 5) is 27.1. The number of nitrogens with one attached hydrogen (secondary N) is 1. The van der Waals surface area contributed by atoms with E-state index in [9.17, 15) is 14.9 Å². The highest BCUT2D eigenvalue weighted by molar-refractivity contribution is 7.22. The number of carbonyl (C=O) groups is 1. The van der Waals surface area contributed by atoms with E-state index in [1.807, 2.05) is 6.92 Å². The molecule has 1 aromatic heterocycles. The molecule has 25 heavy (non-hydrogen) atoms. The number of rotatable bonds is 4. The highest BCUT2D eigenvalue weighted by Crippen LogP contribution is 2.36. The summed E-state index contributed by atoms with van der Waals surface area (Å²) in [6.45, 7) is 1.84. The third-order valence-electron chi connectivity index (χ3n) is 3.53. The molecule has 0 spiro atoms. The Kier molecular flexibility index (Phi) is 4.56. The van der Waals surface area contributed by atoms with Gasteiger partial charge in [0.1, 0.15) is 5.52 Å². The Morgan fingerprint density at radius 3 is 2.76 bits per heavy atom. The van der Waals surface area contributed by atoms with Crippen LogP contribution in [0.15, 0.2) is 30.3 Å². The van der Waals surface area contributed by atoms with Crippen LogP contribution < -0.4 is 10.1 Å². The number of nitrogens with zero attached hydrogens (tertiary/aromatic N) is 2. The number of aromatic nitrogens is 1. The minimum absolute atomic E-state index is 0.101. The lowest BCUT2D eigenvalue weighted by Gasteiger charge is -2.03. The summed E-state index contributed by atoms with van der Waals surface area (Å²) in [7, 11) is 1.41. The summed E-state index contributed by atoms with van der Waals surface area (Å²) in [5, 5.41) is 14.5. The molecule has 0 bridgehead atoms. The van der Waals surface area contributed by atoms with Gasteiger partial charge >= 0.3 is 0 Å². The number of fused-ring (bicyclic) bond motifs is 1. The van der Waals surface area contributed by atoms with Crippen LogP contribution in [0, 0.1) is 17.0 Å². The van der Waals surface area contributed by atoms with Gasteiger partial charge in [-0.05, 0) is 24.6 Å². The molecule has 3 rings (SSSR count). The van der Waals surface area contributed by atoms with Crippen LogP contribution in [0.2, 0.25) is 5.02 Å². The van der Waals surface area contributed by atoms with Gasteiger partial charge < -0.3 is 4.74 Å². The number of carbonyl (C=O) groups excluding carboxylic acids is 1. The van der Waals surface area contributed by atoms with Crippen LogP contribution in [-0.4, -0.2) is 22.9 Å². The predicted octanol–water partition coefficient (Wildman–Crippen LogP) is 4.43. The van der Waals surface area contributed by atoms with Crippen LogP contribution in [-0.2, 0) is 0 Å². The second-order valence-electron chi connectivity index (χ2n) is 5.19. The van der Waals surface area contributed by atoms with Crippen molar-refractivity contribution in [2.75, 3.05) is 12.4 Å². The van der Waals surface area contributed by atoms with E-state index in [0.717, 1.165) is 16.9 Å². The van der Waals surface area contributed by atoms with Crippen molar-refractivity contribution in [3.05, 3.63) is 56.6 Å². The SMILES string of the molecule is COc1cc([N+](=O)[O-])cc2sc(NC(=O)c3ccc(C)c(Cl)c3)nc12. The second-order valence-corrected chi connectivity index (χ2v) is 6.63. The average molecular weight is 378 g/mol. The Balaban J connectivity index is 1.95. The molecular formula is C16H12ClN3O4S. The molecular weight excluding hydrogens is 366 g/mol. The Hall–Kier alpha value is -2.71. The van der Waals surface area contributed by atoms with Crippen LogP contribution in [0.25, 0.3) is 10.2 Å². The third kappa shape index (κ3) is 3.40. The van der Waals surface area contributed by atoms with Gasteiger partial charge in [0.05, 0.1) is 22.8 Å². The van der Waals surface area contributed by atoms with Crippen molar-refractivity contribution in [1.29, 1.82) is 0 Å². The number of hydrogen-bond donors (Lipinski definition) is 1. The maximum absolute atomic E-state index is 12.3. The average Bonchev–Trinajstić information content (AvgIpc) is 2.98. The molecule has 0 saturated carbocycles. The molecule has 1 amide bonds. The zero-order chi connectivity index (χ0) is 18.1. The molecule has 2 aromatic carbocycles. The van der Waals surface area contributed by atoms with E-state index in [-0.39, 0.29) is 17.3 Å². The summed E-state index contributed by atoms with van der Waals surface area (Å²) in [5.74, 6) is -0.0891. The third-order valence-corrected chi connectivity index (χ3v) is 4.85. The Morgan fingerprint density at radius 2 is 2.12 bits per heavy atom. The van der Waals surface area contributed by atoms with Crippen LogP contribution in [0.3, 0.4) is 0 Å². The molecule has 0 fully saturated rings. The number of benzene rings is 2. The maximum Gasteiger partial charge on any atom is 0.274 e. The number of halogens is 1. The predicted molar refractivity (Wildman–Crippen MR) is 97.0 cm³/mol. The van der Waals surface area contributed by atoms with Gasteiger partial charge in [-0.15, -0.1) is 0 Å². The summed E-state index contributed by atoms with van der Waals surface area (Å²) in [5.41, 5.74) is 1.62. The summed E-state index contributed by atoms with van der Waals surface area (Å²) >= 11 is 7.17. The fourth-order valence-electron chi connectivity index (χ4n) is 2.20. The molecule has 0 saturated heterocycles. The number of non-ortho nitro benzene ring substituents is 1. The number of anilines is 1. The Bertz CT molecular complexity index is 1000. The summed E-state index contributed by atoms with van der Waals surface area (Å²) < 4.78 is 5.70. The Labute approximate surface area is 151 Å². The smallest absolute Gasteiger partial charge is 0.274 e. The van der Waals surface area contributed by atoms with Crippen molar-refractivity contribution in [2.45, 2.75) is 6.92 Å². The number of thiazole rings is 1. The summed E-state index contributed by atoms with van der Waals surface area (Å²) in [6.07, 6.45) is 0. The first kappa shape index (κ1) is 17.1. The topological polar surface area (TPSA) is 94.4 Å². The first-order valence-corrected chi connectivity index (χ1v) is 8.29. The minimum atomic E-state index is -0.506. The zero-order valence-corrected chi connectivity index (χ0v) is 14.8. The lowest BCUT2D eigenvalue weighted by atomic mass is 10.1. The van der Waals surface area contributed by atoms with Crippen LogP contribution in [0.5, 0.6) is 5.75 Å². The van der Waals surface area contributed by atoms with Gasteiger partial charge in [-0.2, -0.15) is 0 Å². The molecule has 128 valence electrons. The number of ether oxygens (including phenoxy) is 1. The largest absolute Gasteiger partial charge is 0.494 e. The normalized spacial score (nSPS) is 10.7. The molecule has 9 heteroatoms. The first-order valence-electron chi connectivity index (χ1n) is 7.09. The molecule has 0 aliphatic carbocycles. The Morgan fingerprint density at radius 1 is 1.36 bits per heavy atom. The van der Waals surface area contributed by atoms with E-state index in [4.69, 9.17) is 16.3 Å². The number of nitro groups is 1. The van der Waals surface area contributed by atoms with Gasteiger partial charge in [0.2, 0.25) is 0 Å². The van der Waals surface area contributed by atoms with Crippen molar-refractivity contribution in [1.82, 2.24) is 4.98 Å². The first-order chi connectivity index (χ1) is 11.9. The van der Waals surface area contributed by atoms with E-state index in [1.165, 1.54) is 19.2 Å². The molecule has 0 radical (unpaired) electrons. The quantitative estimate of drug-likeness (QED) is 0.536. The van der Waals surface area contributed by atoms with Gasteiger partial charge in [0.15, 0.2) is 10.9 Å². The number of methoxy groups -OCH3 is 1. The van der Waals surface area contributed by atoms with Gasteiger partial charge in [-0.25, -0.2) is 4.98 Å².